The van der Waals surface area contributed by atoms with Crippen LogP contribution in [0.5, 0.6) is 0 Å². The molecule has 9 heteroatoms. The molecule has 1 aliphatic heterocycles. The second-order valence-corrected chi connectivity index (χ2v) is 9.56. The van der Waals surface area contributed by atoms with Gasteiger partial charge in [-0.3, -0.25) is 14.5 Å². The molecule has 186 valence electrons. The van der Waals surface area contributed by atoms with Crippen molar-refractivity contribution in [3.63, 3.8) is 0 Å². The van der Waals surface area contributed by atoms with E-state index in [1.807, 2.05) is 18.2 Å². The average Bonchev–Trinajstić information content (AvgIpc) is 3.27. The number of nitrogens with zero attached hydrogens (tertiary/aromatic N) is 1. The van der Waals surface area contributed by atoms with Gasteiger partial charge in [0.15, 0.2) is 0 Å². The first-order valence-electron chi connectivity index (χ1n) is 11.9. The molecule has 3 heterocycles. The second kappa shape index (κ2) is 10.9. The quantitative estimate of drug-likeness (QED) is 0.298. The molecule has 0 atom stereocenters. The number of nitrogens with one attached hydrogen (secondary N) is 3. The maximum atomic E-state index is 13.0. The second-order valence-electron chi connectivity index (χ2n) is 8.74. The van der Waals surface area contributed by atoms with Gasteiger partial charge < -0.3 is 20.0 Å². The molecule has 3 N–H and O–H groups in total. The van der Waals surface area contributed by atoms with Crippen LogP contribution in [0, 0.1) is 0 Å². The van der Waals surface area contributed by atoms with Gasteiger partial charge in [-0.1, -0.05) is 29.3 Å². The standard InChI is InChI=1S/C27H26Cl2N4O3/c28-21-6-4-17(16-22(21)29)24-20-15-18(26(34)30-9-2-10-33-11-13-36-14-12-33)5-7-23(20)32-25(24)19-3-1-8-31-27(19)35/h1,3-8,15-16,32H,2,9-14H2,(H,30,34)(H,31,35). The molecular weight excluding hydrogens is 499 g/mol. The van der Waals surface area contributed by atoms with E-state index in [2.05, 4.69) is 20.2 Å². The van der Waals surface area contributed by atoms with Gasteiger partial charge >= 0.3 is 0 Å². The van der Waals surface area contributed by atoms with Crippen LogP contribution in [0.15, 0.2) is 59.5 Å². The van der Waals surface area contributed by atoms with Crippen molar-refractivity contribution in [3.8, 4) is 22.4 Å². The van der Waals surface area contributed by atoms with E-state index in [9.17, 15) is 9.59 Å². The number of pyridine rings is 1. The molecule has 1 fully saturated rings. The predicted octanol–water partition coefficient (Wildman–Crippen LogP) is 4.95. The van der Waals surface area contributed by atoms with Crippen LogP contribution in [0.2, 0.25) is 10.0 Å². The predicted molar refractivity (Wildman–Crippen MR) is 144 cm³/mol. The Morgan fingerprint density at radius 1 is 1.06 bits per heavy atom. The number of aromatic amines is 2. The van der Waals surface area contributed by atoms with E-state index in [1.54, 1.807) is 36.5 Å². The van der Waals surface area contributed by atoms with E-state index >= 15 is 0 Å². The highest BCUT2D eigenvalue weighted by Crippen LogP contribution is 2.39. The summed E-state index contributed by atoms with van der Waals surface area (Å²) in [7, 11) is 0. The number of amides is 1. The van der Waals surface area contributed by atoms with Gasteiger partial charge in [0.05, 0.1) is 34.5 Å². The van der Waals surface area contributed by atoms with Crippen LogP contribution < -0.4 is 10.9 Å². The SMILES string of the molecule is O=C(NCCCN1CCOCC1)c1ccc2[nH]c(-c3ccc[nH]c3=O)c(-c3ccc(Cl)c(Cl)c3)c2c1. The molecule has 0 aliphatic carbocycles. The number of H-pyrrole nitrogens is 2. The minimum Gasteiger partial charge on any atom is -0.379 e. The van der Waals surface area contributed by atoms with E-state index in [-0.39, 0.29) is 11.5 Å². The van der Waals surface area contributed by atoms with Gasteiger partial charge in [0.25, 0.3) is 11.5 Å². The van der Waals surface area contributed by atoms with Gasteiger partial charge in [-0.2, -0.15) is 0 Å². The largest absolute Gasteiger partial charge is 0.379 e. The minimum absolute atomic E-state index is 0.140. The fraction of sp³-hybridized carbons (Fsp3) is 0.259. The highest BCUT2D eigenvalue weighted by molar-refractivity contribution is 6.42. The molecule has 2 aromatic carbocycles. The lowest BCUT2D eigenvalue weighted by molar-refractivity contribution is 0.0374. The number of aromatic nitrogens is 2. The molecule has 7 nitrogen and oxygen atoms in total. The minimum atomic E-state index is -0.219. The first-order valence-corrected chi connectivity index (χ1v) is 12.6. The number of carbonyl (C=O) groups excluding carboxylic acids is 1. The molecule has 0 unspecified atom stereocenters. The van der Waals surface area contributed by atoms with Crippen LogP contribution >= 0.6 is 23.2 Å². The van der Waals surface area contributed by atoms with Crippen molar-refractivity contribution in [2.45, 2.75) is 6.42 Å². The molecule has 0 saturated carbocycles. The van der Waals surface area contributed by atoms with Gasteiger partial charge in [0.2, 0.25) is 0 Å². The van der Waals surface area contributed by atoms with Crippen molar-refractivity contribution in [1.29, 1.82) is 0 Å². The Kier molecular flexibility index (Phi) is 7.43. The maximum absolute atomic E-state index is 13.0. The summed E-state index contributed by atoms with van der Waals surface area (Å²) in [5, 5.41) is 4.69. The van der Waals surface area contributed by atoms with Crippen molar-refractivity contribution in [2.24, 2.45) is 0 Å². The Bertz CT molecular complexity index is 1460. The number of carbonyl (C=O) groups is 1. The molecule has 1 aliphatic rings. The summed E-state index contributed by atoms with van der Waals surface area (Å²) in [4.78, 5) is 34.0. The van der Waals surface area contributed by atoms with Gasteiger partial charge in [-0.15, -0.1) is 0 Å². The third-order valence-electron chi connectivity index (χ3n) is 6.40. The summed E-state index contributed by atoms with van der Waals surface area (Å²) in [6, 6.07) is 14.4. The molecule has 0 spiro atoms. The Morgan fingerprint density at radius 2 is 1.89 bits per heavy atom. The van der Waals surface area contributed by atoms with E-state index in [0.717, 1.165) is 61.3 Å². The summed E-state index contributed by atoms with van der Waals surface area (Å²) in [5.41, 5.74) is 3.83. The Balaban J connectivity index is 1.46. The maximum Gasteiger partial charge on any atom is 0.257 e. The van der Waals surface area contributed by atoms with Crippen molar-refractivity contribution in [2.75, 3.05) is 39.4 Å². The summed E-state index contributed by atoms with van der Waals surface area (Å²) >= 11 is 12.5. The Morgan fingerprint density at radius 3 is 2.67 bits per heavy atom. The van der Waals surface area contributed by atoms with Crippen molar-refractivity contribution in [1.82, 2.24) is 20.2 Å². The van der Waals surface area contributed by atoms with Crippen molar-refractivity contribution < 1.29 is 9.53 Å². The van der Waals surface area contributed by atoms with E-state index in [4.69, 9.17) is 27.9 Å². The first-order chi connectivity index (χ1) is 17.5. The monoisotopic (exact) mass is 524 g/mol. The van der Waals surface area contributed by atoms with E-state index in [1.165, 1.54) is 0 Å². The molecule has 1 amide bonds. The zero-order valence-electron chi connectivity index (χ0n) is 19.6. The van der Waals surface area contributed by atoms with Crippen LogP contribution in [0.4, 0.5) is 0 Å². The number of rotatable bonds is 7. The molecule has 4 aromatic rings. The number of benzene rings is 2. The average molecular weight is 525 g/mol. The fourth-order valence-electron chi connectivity index (χ4n) is 4.54. The zero-order chi connectivity index (χ0) is 25.1. The third-order valence-corrected chi connectivity index (χ3v) is 7.14. The lowest BCUT2D eigenvalue weighted by Gasteiger charge is -2.26. The van der Waals surface area contributed by atoms with E-state index in [0.29, 0.717) is 33.4 Å². The van der Waals surface area contributed by atoms with Crippen molar-refractivity contribution >= 4 is 40.0 Å². The summed E-state index contributed by atoms with van der Waals surface area (Å²) in [5.74, 6) is -0.140. The van der Waals surface area contributed by atoms with Crippen LogP contribution in [-0.2, 0) is 4.74 Å². The molecule has 36 heavy (non-hydrogen) atoms. The number of morpholine rings is 1. The fourth-order valence-corrected chi connectivity index (χ4v) is 4.83. The summed E-state index contributed by atoms with van der Waals surface area (Å²) < 4.78 is 5.38. The van der Waals surface area contributed by atoms with Crippen LogP contribution in [0.3, 0.4) is 0 Å². The number of ether oxygens (including phenoxy) is 1. The lowest BCUT2D eigenvalue weighted by Crippen LogP contribution is -2.38. The highest BCUT2D eigenvalue weighted by atomic mass is 35.5. The topological polar surface area (TPSA) is 90.2 Å². The molecule has 0 radical (unpaired) electrons. The highest BCUT2D eigenvalue weighted by Gasteiger charge is 2.19. The molecule has 0 bridgehead atoms. The normalized spacial score (nSPS) is 14.3. The molecule has 1 saturated heterocycles. The summed E-state index contributed by atoms with van der Waals surface area (Å²) in [6.07, 6.45) is 2.46. The van der Waals surface area contributed by atoms with Crippen LogP contribution in [0.1, 0.15) is 16.8 Å². The van der Waals surface area contributed by atoms with Crippen LogP contribution in [0.25, 0.3) is 33.3 Å². The number of hydrogen-bond acceptors (Lipinski definition) is 4. The smallest absolute Gasteiger partial charge is 0.257 e. The molecule has 5 rings (SSSR count). The lowest BCUT2D eigenvalue weighted by atomic mass is 9.98. The first kappa shape index (κ1) is 24.6. The Labute approximate surface area is 218 Å². The molecule has 2 aromatic heterocycles. The zero-order valence-corrected chi connectivity index (χ0v) is 21.1. The number of fused-ring (bicyclic) bond motifs is 1. The third kappa shape index (κ3) is 5.20. The van der Waals surface area contributed by atoms with Crippen molar-refractivity contribution in [3.05, 3.63) is 80.7 Å². The van der Waals surface area contributed by atoms with Gasteiger partial charge in [-0.05, 0) is 61.0 Å². The van der Waals surface area contributed by atoms with Gasteiger partial charge in [0.1, 0.15) is 0 Å². The number of hydrogen-bond donors (Lipinski definition) is 3. The van der Waals surface area contributed by atoms with E-state index < -0.39 is 0 Å². The number of halogens is 2. The van der Waals surface area contributed by atoms with Gasteiger partial charge in [0, 0.05) is 47.9 Å². The van der Waals surface area contributed by atoms with Gasteiger partial charge in [-0.25, -0.2) is 0 Å². The Hall–Kier alpha value is -3.10. The summed E-state index contributed by atoms with van der Waals surface area (Å²) in [6.45, 7) is 4.91. The molecular formula is C27H26Cl2N4O3. The van der Waals surface area contributed by atoms with Crippen LogP contribution in [-0.4, -0.2) is 60.2 Å².